The number of hydrogen-bond acceptors (Lipinski definition) is 5. The van der Waals surface area contributed by atoms with Crippen molar-refractivity contribution in [2.75, 3.05) is 20.2 Å². The highest BCUT2D eigenvalue weighted by Gasteiger charge is 2.26. The van der Waals surface area contributed by atoms with Gasteiger partial charge in [-0.15, -0.1) is 0 Å². The van der Waals surface area contributed by atoms with Gasteiger partial charge >= 0.3 is 0 Å². The molecule has 0 aliphatic rings. The Balaban J connectivity index is 1.47. The third-order valence-electron chi connectivity index (χ3n) is 6.39. The number of nitrogens with one attached hydrogen (secondary N) is 1. The minimum absolute atomic E-state index is 0.139. The average Bonchev–Trinajstić information content (AvgIpc) is 3.24. The molecule has 0 aliphatic heterocycles. The molecule has 0 spiro atoms. The zero-order valence-electron chi connectivity index (χ0n) is 22.2. The molecule has 4 aromatic rings. The molecule has 1 N–H and O–H groups in total. The summed E-state index contributed by atoms with van der Waals surface area (Å²) in [5.41, 5.74) is 7.25. The molecule has 0 radical (unpaired) electrons. The molecule has 4 rings (SSSR count). The molecule has 9 heteroatoms. The van der Waals surface area contributed by atoms with Crippen molar-refractivity contribution in [3.05, 3.63) is 114 Å². The zero-order valence-corrected chi connectivity index (χ0v) is 23.1. The van der Waals surface area contributed by atoms with Crippen LogP contribution in [0.3, 0.4) is 0 Å². The summed E-state index contributed by atoms with van der Waals surface area (Å²) in [4.78, 5) is 13.0. The normalized spacial score (nSPS) is 11.7. The molecule has 39 heavy (non-hydrogen) atoms. The number of carbonyl (C=O) groups excluding carboxylic acids is 1. The minimum atomic E-state index is -3.88. The smallest absolute Gasteiger partial charge is 0.255 e. The van der Waals surface area contributed by atoms with Gasteiger partial charge in [0.15, 0.2) is 0 Å². The van der Waals surface area contributed by atoms with Gasteiger partial charge in [0.25, 0.3) is 5.91 Å². The summed E-state index contributed by atoms with van der Waals surface area (Å²) < 4.78 is 35.2. The fraction of sp³-hybridized carbons (Fsp3) is 0.200. The van der Waals surface area contributed by atoms with Gasteiger partial charge in [0.2, 0.25) is 10.0 Å². The van der Waals surface area contributed by atoms with E-state index >= 15 is 0 Å². The van der Waals surface area contributed by atoms with E-state index in [0.29, 0.717) is 6.42 Å². The van der Waals surface area contributed by atoms with Crippen molar-refractivity contribution in [3.63, 3.8) is 0 Å². The second-order valence-electron chi connectivity index (χ2n) is 9.04. The van der Waals surface area contributed by atoms with E-state index in [9.17, 15) is 13.2 Å². The third-order valence-corrected chi connectivity index (χ3v) is 8.25. The molecule has 1 amide bonds. The zero-order chi connectivity index (χ0) is 27.8. The summed E-state index contributed by atoms with van der Waals surface area (Å²) in [6.45, 7) is 3.76. The number of methoxy groups -OCH3 is 1. The first kappa shape index (κ1) is 27.8. The van der Waals surface area contributed by atoms with Crippen LogP contribution in [0, 0.1) is 13.8 Å². The lowest BCUT2D eigenvalue weighted by Gasteiger charge is -2.21. The maximum absolute atomic E-state index is 13.3. The number of benzene rings is 3. The quantitative estimate of drug-likeness (QED) is 0.223. The summed E-state index contributed by atoms with van der Waals surface area (Å²) in [6, 6.07) is 27.4. The first-order chi connectivity index (χ1) is 18.8. The summed E-state index contributed by atoms with van der Waals surface area (Å²) in [5, 5.41) is 4.12. The summed E-state index contributed by atoms with van der Waals surface area (Å²) >= 11 is 0. The Kier molecular flexibility index (Phi) is 8.96. The van der Waals surface area contributed by atoms with Gasteiger partial charge in [-0.3, -0.25) is 4.79 Å². The van der Waals surface area contributed by atoms with Crippen LogP contribution in [-0.4, -0.2) is 49.6 Å². The van der Waals surface area contributed by atoms with Gasteiger partial charge in [-0.25, -0.2) is 13.8 Å². The molecule has 202 valence electrons. The summed E-state index contributed by atoms with van der Waals surface area (Å²) in [6.07, 6.45) is 2.04. The Bertz CT molecular complexity index is 1530. The van der Waals surface area contributed by atoms with Crippen LogP contribution in [-0.2, 0) is 21.2 Å². The van der Waals surface area contributed by atoms with Crippen LogP contribution in [0.4, 0.5) is 0 Å². The van der Waals surface area contributed by atoms with Crippen LogP contribution >= 0.6 is 0 Å². The molecule has 0 saturated carbocycles. The number of ether oxygens (including phenoxy) is 1. The lowest BCUT2D eigenvalue weighted by atomic mass is 10.1. The van der Waals surface area contributed by atoms with Crippen LogP contribution in [0.2, 0.25) is 0 Å². The second kappa shape index (κ2) is 12.6. The van der Waals surface area contributed by atoms with Gasteiger partial charge < -0.3 is 9.30 Å². The number of nitrogens with zero attached hydrogens (tertiary/aromatic N) is 3. The lowest BCUT2D eigenvalue weighted by molar-refractivity contribution is -0.121. The molecular weight excluding hydrogens is 512 g/mol. The maximum atomic E-state index is 13.3. The molecule has 0 saturated heterocycles. The Labute approximate surface area is 229 Å². The van der Waals surface area contributed by atoms with E-state index in [1.807, 2.05) is 74.5 Å². The lowest BCUT2D eigenvalue weighted by Crippen LogP contribution is -2.40. The van der Waals surface area contributed by atoms with Gasteiger partial charge in [0.1, 0.15) is 5.75 Å². The number of sulfonamides is 1. The fourth-order valence-electron chi connectivity index (χ4n) is 4.34. The van der Waals surface area contributed by atoms with E-state index < -0.39 is 15.9 Å². The van der Waals surface area contributed by atoms with Gasteiger partial charge in [0, 0.05) is 29.2 Å². The third kappa shape index (κ3) is 6.81. The molecular formula is C30H32N4O4S. The maximum Gasteiger partial charge on any atom is 0.255 e. The van der Waals surface area contributed by atoms with Crippen LogP contribution in [0.25, 0.3) is 5.69 Å². The summed E-state index contributed by atoms with van der Waals surface area (Å²) in [7, 11) is -2.25. The van der Waals surface area contributed by atoms with E-state index in [4.69, 9.17) is 4.74 Å². The highest BCUT2D eigenvalue weighted by molar-refractivity contribution is 7.89. The van der Waals surface area contributed by atoms with Crippen molar-refractivity contribution in [2.24, 2.45) is 5.10 Å². The largest absolute Gasteiger partial charge is 0.497 e. The van der Waals surface area contributed by atoms with Crippen LogP contribution < -0.4 is 10.2 Å². The standard InChI is InChI=1S/C30H32N4O4S/c1-23-20-26(24(2)34(23)27-14-16-28(38-3)17-15-27)21-31-32-30(35)22-33(19-18-25-10-6-4-7-11-25)39(36,37)29-12-8-5-9-13-29/h4-17,20-21H,18-19,22H2,1-3H3,(H,32,35)/b31-21-. The van der Waals surface area contributed by atoms with Gasteiger partial charge in [-0.1, -0.05) is 48.5 Å². The van der Waals surface area contributed by atoms with Crippen molar-refractivity contribution in [1.29, 1.82) is 0 Å². The van der Waals surface area contributed by atoms with E-state index in [0.717, 1.165) is 34.0 Å². The molecule has 1 heterocycles. The number of hydrogen-bond donors (Lipinski definition) is 1. The van der Waals surface area contributed by atoms with E-state index in [2.05, 4.69) is 15.1 Å². The Morgan fingerprint density at radius 1 is 0.974 bits per heavy atom. The van der Waals surface area contributed by atoms with Gasteiger partial charge in [-0.05, 0) is 68.3 Å². The first-order valence-corrected chi connectivity index (χ1v) is 14.0. The number of hydrazone groups is 1. The highest BCUT2D eigenvalue weighted by Crippen LogP contribution is 2.22. The predicted molar refractivity (Wildman–Crippen MR) is 153 cm³/mol. The first-order valence-electron chi connectivity index (χ1n) is 12.5. The van der Waals surface area contributed by atoms with Crippen molar-refractivity contribution < 1.29 is 17.9 Å². The van der Waals surface area contributed by atoms with Crippen molar-refractivity contribution in [1.82, 2.24) is 14.3 Å². The number of amides is 1. The monoisotopic (exact) mass is 544 g/mol. The topological polar surface area (TPSA) is 93.0 Å². The number of aryl methyl sites for hydroxylation is 1. The number of rotatable bonds is 11. The Morgan fingerprint density at radius 3 is 2.26 bits per heavy atom. The molecule has 0 atom stereocenters. The van der Waals surface area contributed by atoms with E-state index in [1.54, 1.807) is 31.5 Å². The van der Waals surface area contributed by atoms with E-state index in [-0.39, 0.29) is 18.0 Å². The van der Waals surface area contributed by atoms with Crippen molar-refractivity contribution in [2.45, 2.75) is 25.2 Å². The molecule has 1 aromatic heterocycles. The molecule has 8 nitrogen and oxygen atoms in total. The molecule has 0 bridgehead atoms. The summed E-state index contributed by atoms with van der Waals surface area (Å²) in [5.74, 6) is 0.251. The number of aromatic nitrogens is 1. The van der Waals surface area contributed by atoms with Crippen LogP contribution in [0.15, 0.2) is 101 Å². The highest BCUT2D eigenvalue weighted by atomic mass is 32.2. The molecule has 3 aromatic carbocycles. The Morgan fingerprint density at radius 2 is 1.62 bits per heavy atom. The van der Waals surface area contributed by atoms with Gasteiger partial charge in [0.05, 0.1) is 24.8 Å². The Hall–Kier alpha value is -4.21. The predicted octanol–water partition coefficient (Wildman–Crippen LogP) is 4.49. The molecule has 0 unspecified atom stereocenters. The van der Waals surface area contributed by atoms with Crippen LogP contribution in [0.5, 0.6) is 5.75 Å². The minimum Gasteiger partial charge on any atom is -0.497 e. The second-order valence-corrected chi connectivity index (χ2v) is 11.0. The molecule has 0 aliphatic carbocycles. The van der Waals surface area contributed by atoms with E-state index in [1.165, 1.54) is 16.4 Å². The average molecular weight is 545 g/mol. The fourth-order valence-corrected chi connectivity index (χ4v) is 5.76. The molecule has 0 fully saturated rings. The number of carbonyl (C=O) groups is 1. The van der Waals surface area contributed by atoms with Crippen molar-refractivity contribution in [3.8, 4) is 11.4 Å². The SMILES string of the molecule is COc1ccc(-n2c(C)cc(/C=N\NC(=O)CN(CCc3ccccc3)S(=O)(=O)c3ccccc3)c2C)cc1. The van der Waals surface area contributed by atoms with Crippen molar-refractivity contribution >= 4 is 22.1 Å². The van der Waals surface area contributed by atoms with Gasteiger partial charge in [-0.2, -0.15) is 9.41 Å². The van der Waals surface area contributed by atoms with Crippen LogP contribution in [0.1, 0.15) is 22.5 Å².